The van der Waals surface area contributed by atoms with E-state index in [4.69, 9.17) is 5.11 Å². The summed E-state index contributed by atoms with van der Waals surface area (Å²) in [5.74, 6) is -1.20. The summed E-state index contributed by atoms with van der Waals surface area (Å²) in [6.45, 7) is 0.425. The monoisotopic (exact) mass is 335 g/mol. The predicted molar refractivity (Wildman–Crippen MR) is 69.3 cm³/mol. The summed E-state index contributed by atoms with van der Waals surface area (Å²) in [5, 5.41) is 19.1. The molecular weight excluding hydrogens is 314 g/mol. The molecule has 0 saturated carbocycles. The number of rotatable bonds is 6. The van der Waals surface area contributed by atoms with Gasteiger partial charge >= 0.3 is 0 Å². The highest BCUT2D eigenvalue weighted by atomic mass is 32.3. The van der Waals surface area contributed by atoms with Gasteiger partial charge in [-0.05, 0) is 0 Å². The van der Waals surface area contributed by atoms with Crippen LogP contribution in [0.4, 0.5) is 0 Å². The van der Waals surface area contributed by atoms with Gasteiger partial charge in [-0.15, -0.1) is 3.63 Å². The van der Waals surface area contributed by atoms with Gasteiger partial charge in [-0.2, -0.15) is 16.8 Å². The minimum Gasteiger partial charge on any atom is -0.550 e. The molecule has 0 amide bonds. The van der Waals surface area contributed by atoms with Gasteiger partial charge in [0.25, 0.3) is 20.2 Å². The average molecular weight is 335 g/mol. The van der Waals surface area contributed by atoms with Crippen molar-refractivity contribution >= 4 is 26.2 Å². The molecule has 122 valence electrons. The Bertz CT molecular complexity index is 473. The first-order valence-corrected chi connectivity index (χ1v) is 8.94. The predicted octanol–water partition coefficient (Wildman–Crippen LogP) is -2.88. The Morgan fingerprint density at radius 1 is 1.15 bits per heavy atom. The molecule has 1 atom stereocenters. The first-order chi connectivity index (χ1) is 8.52. The molecule has 0 unspecified atom stereocenters. The highest BCUT2D eigenvalue weighted by molar-refractivity contribution is 7.99. The van der Waals surface area contributed by atoms with E-state index >= 15 is 0 Å². The van der Waals surface area contributed by atoms with Crippen LogP contribution in [0.5, 0.6) is 0 Å². The zero-order valence-electron chi connectivity index (χ0n) is 12.1. The van der Waals surface area contributed by atoms with Gasteiger partial charge in [0.1, 0.15) is 12.6 Å². The molecule has 0 bridgehead atoms. The van der Waals surface area contributed by atoms with Gasteiger partial charge in [0.05, 0.1) is 33.7 Å². The highest BCUT2D eigenvalue weighted by Gasteiger charge is 2.14. The van der Waals surface area contributed by atoms with Gasteiger partial charge in [0.2, 0.25) is 0 Å². The lowest BCUT2D eigenvalue weighted by Gasteiger charge is -2.26. The van der Waals surface area contributed by atoms with Gasteiger partial charge in [-0.25, -0.2) is 0 Å². The number of carboxylic acid groups (broad SMARTS) is 1. The van der Waals surface area contributed by atoms with Crippen LogP contribution in [0.25, 0.3) is 0 Å². The third kappa shape index (κ3) is 22.4. The Balaban J connectivity index is 0. The smallest absolute Gasteiger partial charge is 0.278 e. The first-order valence-electron chi connectivity index (χ1n) is 5.31. The van der Waals surface area contributed by atoms with Gasteiger partial charge in [-0.3, -0.25) is 0 Å². The van der Waals surface area contributed by atoms with E-state index in [0.717, 1.165) is 0 Å². The lowest BCUT2D eigenvalue weighted by atomic mass is 10.2. The van der Waals surface area contributed by atoms with Gasteiger partial charge in [0.15, 0.2) is 0 Å². The summed E-state index contributed by atoms with van der Waals surface area (Å²) in [6, 6.07) is 0. The minimum atomic E-state index is -3.87. The molecule has 0 aromatic carbocycles. The zero-order chi connectivity index (χ0) is 16.8. The largest absolute Gasteiger partial charge is 0.550 e. The van der Waals surface area contributed by atoms with Gasteiger partial charge in [-0.1, -0.05) is 0 Å². The number of hydrogen-bond donors (Lipinski definition) is 1. The fourth-order valence-electron chi connectivity index (χ4n) is 1.11. The summed E-state index contributed by atoms with van der Waals surface area (Å²) in [7, 11) is -2.08. The number of carbonyl (C=O) groups is 1. The van der Waals surface area contributed by atoms with Crippen LogP contribution in [-0.4, -0.2) is 78.7 Å². The van der Waals surface area contributed by atoms with E-state index < -0.39 is 32.3 Å². The number of aliphatic hydroxyl groups excluding tert-OH is 1. The molecule has 0 radical (unpaired) electrons. The molecule has 0 rings (SSSR count). The maximum absolute atomic E-state index is 10.0. The van der Waals surface area contributed by atoms with Crippen LogP contribution in [0.15, 0.2) is 0 Å². The van der Waals surface area contributed by atoms with Crippen molar-refractivity contribution in [2.24, 2.45) is 0 Å². The molecule has 0 aliphatic heterocycles. The molecular formula is C9H21NO8S2. The summed E-state index contributed by atoms with van der Waals surface area (Å²) in [4.78, 5) is 10.0. The molecule has 0 aliphatic rings. The Kier molecular flexibility index (Phi) is 8.49. The summed E-state index contributed by atoms with van der Waals surface area (Å²) in [6.07, 6.45) is 0.234. The molecule has 9 nitrogen and oxygen atoms in total. The fourth-order valence-corrected chi connectivity index (χ4v) is 2.91. The quantitative estimate of drug-likeness (QED) is 0.511. The Morgan fingerprint density at radius 2 is 1.50 bits per heavy atom. The number of quaternary nitrogens is 1. The van der Waals surface area contributed by atoms with Crippen LogP contribution >= 0.6 is 0 Å². The second kappa shape index (κ2) is 7.88. The molecule has 0 spiro atoms. The standard InChI is InChI=1S/C7H15NO3.C2H6O5S2/c1-8(2,3)5-6(9)4-7(10)11;1-8(3,4)7-9(2,5)6/h6,9H,4-5H2,1-3H3;1-2H3/t6-;/m0./s1. The first kappa shape index (κ1) is 21.5. The van der Waals surface area contributed by atoms with Crippen molar-refractivity contribution < 1.29 is 40.0 Å². The van der Waals surface area contributed by atoms with Crippen LogP contribution in [0.3, 0.4) is 0 Å². The number of hydrogen-bond acceptors (Lipinski definition) is 8. The van der Waals surface area contributed by atoms with Crippen LogP contribution in [0.1, 0.15) is 6.42 Å². The van der Waals surface area contributed by atoms with E-state index in [9.17, 15) is 26.7 Å². The second-order valence-electron chi connectivity index (χ2n) is 5.18. The number of carbonyl (C=O) groups excluding carboxylic acids is 1. The van der Waals surface area contributed by atoms with E-state index in [1.807, 2.05) is 21.1 Å². The van der Waals surface area contributed by atoms with Crippen LogP contribution < -0.4 is 5.11 Å². The van der Waals surface area contributed by atoms with E-state index in [0.29, 0.717) is 23.5 Å². The van der Waals surface area contributed by atoms with E-state index in [-0.39, 0.29) is 6.42 Å². The molecule has 0 saturated heterocycles. The lowest BCUT2D eigenvalue weighted by Crippen LogP contribution is -2.43. The topological polar surface area (TPSA) is 138 Å². The number of carboxylic acids is 1. The number of likely N-dealkylation sites (N-methyl/N-ethyl adjacent to an activating group) is 1. The van der Waals surface area contributed by atoms with Gasteiger partial charge < -0.3 is 19.5 Å². The number of aliphatic hydroxyl groups is 1. The maximum Gasteiger partial charge on any atom is 0.278 e. The highest BCUT2D eigenvalue weighted by Crippen LogP contribution is 1.97. The average Bonchev–Trinajstić information content (AvgIpc) is 1.88. The third-order valence-corrected chi connectivity index (χ3v) is 3.39. The van der Waals surface area contributed by atoms with E-state index in [2.05, 4.69) is 3.63 Å². The van der Waals surface area contributed by atoms with Crippen molar-refractivity contribution in [2.75, 3.05) is 40.2 Å². The van der Waals surface area contributed by atoms with Crippen molar-refractivity contribution in [2.45, 2.75) is 12.5 Å². The normalized spacial score (nSPS) is 14.1. The zero-order valence-corrected chi connectivity index (χ0v) is 13.7. The third-order valence-electron chi connectivity index (χ3n) is 1.41. The molecule has 0 aromatic rings. The van der Waals surface area contributed by atoms with Crippen LogP contribution in [0, 0.1) is 0 Å². The molecule has 11 heteroatoms. The Hall–Kier alpha value is -0.750. The van der Waals surface area contributed by atoms with E-state index in [1.54, 1.807) is 0 Å². The van der Waals surface area contributed by atoms with Crippen LogP contribution in [0.2, 0.25) is 0 Å². The van der Waals surface area contributed by atoms with Crippen LogP contribution in [-0.2, 0) is 28.7 Å². The van der Waals surface area contributed by atoms with Crippen molar-refractivity contribution in [3.8, 4) is 0 Å². The molecule has 0 aliphatic carbocycles. The van der Waals surface area contributed by atoms with Crippen molar-refractivity contribution in [1.29, 1.82) is 0 Å². The fraction of sp³-hybridized carbons (Fsp3) is 0.889. The molecule has 0 fully saturated rings. The molecule has 0 aromatic heterocycles. The van der Waals surface area contributed by atoms with E-state index in [1.165, 1.54) is 0 Å². The van der Waals surface area contributed by atoms with Crippen molar-refractivity contribution in [3.05, 3.63) is 0 Å². The van der Waals surface area contributed by atoms with Gasteiger partial charge in [0, 0.05) is 12.4 Å². The summed E-state index contributed by atoms with van der Waals surface area (Å²) in [5.41, 5.74) is 0. The minimum absolute atomic E-state index is 0.282. The lowest BCUT2D eigenvalue weighted by molar-refractivity contribution is -0.873. The molecule has 1 N–H and O–H groups in total. The maximum atomic E-state index is 10.0. The Morgan fingerprint density at radius 3 is 1.65 bits per heavy atom. The summed E-state index contributed by atoms with van der Waals surface area (Å²) < 4.78 is 44.3. The Labute approximate surface area is 119 Å². The van der Waals surface area contributed by atoms with Crippen molar-refractivity contribution in [1.82, 2.24) is 0 Å². The number of nitrogens with zero attached hydrogens (tertiary/aromatic N) is 1. The van der Waals surface area contributed by atoms with Crippen molar-refractivity contribution in [3.63, 3.8) is 0 Å². The summed E-state index contributed by atoms with van der Waals surface area (Å²) >= 11 is 0. The molecule has 20 heavy (non-hydrogen) atoms. The number of aliphatic carboxylic acids is 1. The second-order valence-corrected chi connectivity index (χ2v) is 8.54. The SMILES string of the molecule is CS(=O)(=O)OS(C)(=O)=O.C[N+](C)(C)C[C@@H](O)CC(=O)[O-]. The molecule has 0 heterocycles.